The van der Waals surface area contributed by atoms with Gasteiger partial charge in [0.25, 0.3) is 0 Å². The lowest BCUT2D eigenvalue weighted by atomic mass is 10.5. The lowest BCUT2D eigenvalue weighted by molar-refractivity contribution is -0.140. The molecule has 0 spiro atoms. The zero-order valence-corrected chi connectivity index (χ0v) is 14.3. The van der Waals surface area contributed by atoms with Gasteiger partial charge in [-0.3, -0.25) is 14.4 Å². The molecule has 0 atom stereocenters. The van der Waals surface area contributed by atoms with Gasteiger partial charge < -0.3 is 14.8 Å². The zero-order chi connectivity index (χ0) is 17.0. The molecule has 0 aliphatic carbocycles. The van der Waals surface area contributed by atoms with Crippen molar-refractivity contribution in [2.45, 2.75) is 20.8 Å². The highest BCUT2D eigenvalue weighted by molar-refractivity contribution is 8.22. The first kappa shape index (κ1) is 20.3. The van der Waals surface area contributed by atoms with Crippen molar-refractivity contribution in [1.82, 2.24) is 5.32 Å². The Balaban J connectivity index is 4.92. The summed E-state index contributed by atoms with van der Waals surface area (Å²) in [7, 11) is 0. The molecular formula is C13H18N2O5S2. The molecule has 9 heteroatoms. The van der Waals surface area contributed by atoms with Crippen molar-refractivity contribution in [1.29, 1.82) is 5.26 Å². The van der Waals surface area contributed by atoms with E-state index < -0.39 is 17.8 Å². The van der Waals surface area contributed by atoms with Crippen LogP contribution < -0.4 is 5.32 Å². The van der Waals surface area contributed by atoms with Gasteiger partial charge in [-0.1, -0.05) is 0 Å². The van der Waals surface area contributed by atoms with Crippen LogP contribution in [0, 0.1) is 11.3 Å². The second-order valence-corrected chi connectivity index (χ2v) is 5.87. The fraction of sp³-hybridized carbons (Fsp3) is 0.538. The molecule has 1 amide bonds. The normalized spacial score (nSPS) is 9.36. The van der Waals surface area contributed by atoms with Crippen LogP contribution in [0.4, 0.5) is 0 Å². The first-order valence-corrected chi connectivity index (χ1v) is 8.40. The predicted molar refractivity (Wildman–Crippen MR) is 84.6 cm³/mol. The van der Waals surface area contributed by atoms with Crippen molar-refractivity contribution in [2.75, 3.05) is 24.7 Å². The Kier molecular flexibility index (Phi) is 11.0. The Morgan fingerprint density at radius 1 is 1.05 bits per heavy atom. The van der Waals surface area contributed by atoms with Crippen LogP contribution >= 0.6 is 23.5 Å². The first-order valence-electron chi connectivity index (χ1n) is 6.43. The van der Waals surface area contributed by atoms with E-state index >= 15 is 0 Å². The molecule has 22 heavy (non-hydrogen) atoms. The molecule has 0 aliphatic heterocycles. The second-order valence-electron chi connectivity index (χ2n) is 3.64. The maximum Gasteiger partial charge on any atom is 0.316 e. The van der Waals surface area contributed by atoms with Gasteiger partial charge in [0.05, 0.1) is 29.0 Å². The van der Waals surface area contributed by atoms with E-state index in [1.165, 1.54) is 6.92 Å². The number of carbonyl (C=O) groups is 3. The molecule has 1 N–H and O–H groups in total. The summed E-state index contributed by atoms with van der Waals surface area (Å²) in [6.07, 6.45) is 0. The molecule has 0 fully saturated rings. The largest absolute Gasteiger partial charge is 0.465 e. The van der Waals surface area contributed by atoms with E-state index in [1.807, 2.05) is 6.07 Å². The Morgan fingerprint density at radius 3 is 1.82 bits per heavy atom. The van der Waals surface area contributed by atoms with Crippen LogP contribution in [0.25, 0.3) is 0 Å². The maximum atomic E-state index is 11.4. The third-order valence-corrected chi connectivity index (χ3v) is 4.27. The fourth-order valence-corrected chi connectivity index (χ4v) is 2.97. The number of thioether (sulfide) groups is 2. The van der Waals surface area contributed by atoms with Crippen LogP contribution in [0.5, 0.6) is 0 Å². The predicted octanol–water partition coefficient (Wildman–Crippen LogP) is 1.41. The summed E-state index contributed by atoms with van der Waals surface area (Å²) in [4.78, 5) is 33.9. The maximum absolute atomic E-state index is 11.4. The summed E-state index contributed by atoms with van der Waals surface area (Å²) in [5.74, 6) is -1.35. The molecule has 0 saturated heterocycles. The van der Waals surface area contributed by atoms with Crippen molar-refractivity contribution < 1.29 is 23.9 Å². The van der Waals surface area contributed by atoms with E-state index in [2.05, 4.69) is 5.32 Å². The number of hydrogen-bond donors (Lipinski definition) is 1. The second kappa shape index (κ2) is 11.9. The SMILES string of the molecule is CCOC(=O)CSC(SCC(=O)OCC)=C(C#N)NC(C)=O. The van der Waals surface area contributed by atoms with Gasteiger partial charge in [-0.15, -0.1) is 23.5 Å². The molecule has 0 bridgehead atoms. The van der Waals surface area contributed by atoms with Gasteiger partial charge in [0.1, 0.15) is 11.8 Å². The average molecular weight is 346 g/mol. The molecule has 0 saturated carbocycles. The number of nitrogens with one attached hydrogen (secondary N) is 1. The first-order chi connectivity index (χ1) is 10.4. The standard InChI is InChI=1S/C13H18N2O5S2/c1-4-19-11(17)7-21-13(10(6-14)15-9(3)16)22-8-12(18)20-5-2/h4-5,7-8H2,1-3H3,(H,15,16). The summed E-state index contributed by atoms with van der Waals surface area (Å²) in [6.45, 7) is 5.15. The summed E-state index contributed by atoms with van der Waals surface area (Å²) < 4.78 is 9.95. The van der Waals surface area contributed by atoms with Crippen LogP contribution in [-0.4, -0.2) is 42.6 Å². The molecule has 0 aromatic carbocycles. The quantitative estimate of drug-likeness (QED) is 0.493. The van der Waals surface area contributed by atoms with E-state index in [0.29, 0.717) is 4.24 Å². The monoisotopic (exact) mass is 346 g/mol. The molecule has 122 valence electrons. The fourth-order valence-electron chi connectivity index (χ4n) is 1.14. The molecule has 0 radical (unpaired) electrons. The molecule has 0 aromatic heterocycles. The molecular weight excluding hydrogens is 328 g/mol. The van der Waals surface area contributed by atoms with Gasteiger partial charge in [0.2, 0.25) is 5.91 Å². The van der Waals surface area contributed by atoms with Crippen LogP contribution in [0.2, 0.25) is 0 Å². The van der Waals surface area contributed by atoms with Gasteiger partial charge in [-0.25, -0.2) is 0 Å². The van der Waals surface area contributed by atoms with E-state index in [0.717, 1.165) is 23.5 Å². The molecule has 7 nitrogen and oxygen atoms in total. The van der Waals surface area contributed by atoms with Crippen LogP contribution in [-0.2, 0) is 23.9 Å². The van der Waals surface area contributed by atoms with Gasteiger partial charge in [-0.2, -0.15) is 5.26 Å². The number of allylic oxidation sites excluding steroid dienone is 1. The molecule has 0 unspecified atom stereocenters. The molecule has 0 rings (SSSR count). The Morgan fingerprint density at radius 2 is 1.50 bits per heavy atom. The van der Waals surface area contributed by atoms with Gasteiger partial charge in [0.15, 0.2) is 0 Å². The third kappa shape index (κ3) is 9.31. The number of rotatable bonds is 9. The Bertz CT molecular complexity index is 461. The summed E-state index contributed by atoms with van der Waals surface area (Å²) in [5.41, 5.74) is -0.00361. The smallest absolute Gasteiger partial charge is 0.316 e. The van der Waals surface area contributed by atoms with Crippen molar-refractivity contribution in [3.05, 3.63) is 9.93 Å². The molecule has 0 aliphatic rings. The van der Waals surface area contributed by atoms with E-state index in [-0.39, 0.29) is 30.4 Å². The molecule has 0 aromatic rings. The minimum Gasteiger partial charge on any atom is -0.465 e. The number of esters is 2. The van der Waals surface area contributed by atoms with Crippen molar-refractivity contribution >= 4 is 41.4 Å². The van der Waals surface area contributed by atoms with Gasteiger partial charge in [0, 0.05) is 6.92 Å². The number of hydrogen-bond acceptors (Lipinski definition) is 8. The number of nitriles is 1. The highest BCUT2D eigenvalue weighted by Gasteiger charge is 2.15. The zero-order valence-electron chi connectivity index (χ0n) is 12.6. The number of ether oxygens (including phenoxy) is 2. The summed E-state index contributed by atoms with van der Waals surface area (Å²) in [6, 6.07) is 1.85. The highest BCUT2D eigenvalue weighted by atomic mass is 32.2. The van der Waals surface area contributed by atoms with Crippen LogP contribution in [0.3, 0.4) is 0 Å². The number of carbonyl (C=O) groups excluding carboxylic acids is 3. The van der Waals surface area contributed by atoms with Crippen LogP contribution in [0.1, 0.15) is 20.8 Å². The topological polar surface area (TPSA) is 105 Å². The summed E-state index contributed by atoms with van der Waals surface area (Å²) >= 11 is 2.05. The lowest BCUT2D eigenvalue weighted by Gasteiger charge is -2.10. The number of amides is 1. The highest BCUT2D eigenvalue weighted by Crippen LogP contribution is 2.31. The minimum absolute atomic E-state index is 0.00361. The lowest BCUT2D eigenvalue weighted by Crippen LogP contribution is -2.19. The third-order valence-electron chi connectivity index (χ3n) is 1.87. The van der Waals surface area contributed by atoms with Crippen molar-refractivity contribution in [2.24, 2.45) is 0 Å². The minimum atomic E-state index is -0.443. The summed E-state index contributed by atoms with van der Waals surface area (Å²) in [5, 5.41) is 11.5. The van der Waals surface area contributed by atoms with E-state index in [4.69, 9.17) is 14.7 Å². The Labute approximate surface area is 137 Å². The number of nitrogens with zero attached hydrogens (tertiary/aromatic N) is 1. The van der Waals surface area contributed by atoms with Crippen molar-refractivity contribution in [3.8, 4) is 6.07 Å². The van der Waals surface area contributed by atoms with E-state index in [1.54, 1.807) is 13.8 Å². The van der Waals surface area contributed by atoms with Gasteiger partial charge >= 0.3 is 11.9 Å². The van der Waals surface area contributed by atoms with E-state index in [9.17, 15) is 14.4 Å². The van der Waals surface area contributed by atoms with Crippen LogP contribution in [0.15, 0.2) is 9.93 Å². The Hall–Kier alpha value is -1.66. The average Bonchev–Trinajstić information content (AvgIpc) is 2.45. The van der Waals surface area contributed by atoms with Crippen molar-refractivity contribution in [3.63, 3.8) is 0 Å². The van der Waals surface area contributed by atoms with Gasteiger partial charge in [-0.05, 0) is 13.8 Å². The molecule has 0 heterocycles.